The van der Waals surface area contributed by atoms with Crippen molar-refractivity contribution in [2.24, 2.45) is 0 Å². The number of nitrogens with zero attached hydrogens (tertiary/aromatic N) is 2. The number of nitrogens with one attached hydrogen (secondary N) is 1. The van der Waals surface area contributed by atoms with Gasteiger partial charge in [0.25, 0.3) is 0 Å². The van der Waals surface area contributed by atoms with Crippen LogP contribution in [0.5, 0.6) is 0 Å². The highest BCUT2D eigenvalue weighted by Gasteiger charge is 2.29. The van der Waals surface area contributed by atoms with Gasteiger partial charge >= 0.3 is 0 Å². The fourth-order valence-corrected chi connectivity index (χ4v) is 5.09. The zero-order chi connectivity index (χ0) is 26.0. The van der Waals surface area contributed by atoms with Crippen LogP contribution < -0.4 is 5.32 Å². The molecule has 7 nitrogen and oxygen atoms in total. The van der Waals surface area contributed by atoms with Crippen molar-refractivity contribution in [2.45, 2.75) is 76.9 Å². The Morgan fingerprint density at radius 3 is 2.29 bits per heavy atom. The third-order valence-electron chi connectivity index (χ3n) is 6.14. The maximum atomic E-state index is 13.4. The molecule has 0 heterocycles. The summed E-state index contributed by atoms with van der Waals surface area (Å²) in [6.45, 7) is 8.37. The van der Waals surface area contributed by atoms with Crippen molar-refractivity contribution >= 4 is 21.8 Å². The number of rotatable bonds is 13. The van der Waals surface area contributed by atoms with Crippen molar-refractivity contribution in [1.82, 2.24) is 14.5 Å². The van der Waals surface area contributed by atoms with Crippen LogP contribution >= 0.6 is 0 Å². The minimum absolute atomic E-state index is 0.0179. The van der Waals surface area contributed by atoms with Crippen LogP contribution in [-0.4, -0.2) is 55.1 Å². The van der Waals surface area contributed by atoms with E-state index in [0.717, 1.165) is 17.5 Å². The molecular weight excluding hydrogens is 462 g/mol. The van der Waals surface area contributed by atoms with Gasteiger partial charge in [-0.3, -0.25) is 9.59 Å². The Balaban J connectivity index is 2.14. The van der Waals surface area contributed by atoms with Gasteiger partial charge in [-0.05, 0) is 50.8 Å². The molecule has 8 heteroatoms. The zero-order valence-corrected chi connectivity index (χ0v) is 22.3. The van der Waals surface area contributed by atoms with E-state index in [1.165, 1.54) is 11.4 Å². The number of amides is 2. The number of sulfonamides is 1. The summed E-state index contributed by atoms with van der Waals surface area (Å²) < 4.78 is 26.8. The first-order valence-electron chi connectivity index (χ1n) is 12.3. The third kappa shape index (κ3) is 8.18. The molecule has 2 rings (SSSR count). The minimum Gasteiger partial charge on any atom is -0.352 e. The van der Waals surface area contributed by atoms with Crippen LogP contribution in [0.3, 0.4) is 0 Å². The molecule has 0 unspecified atom stereocenters. The standard InChI is InChI=1S/C27H39N3O4S/c1-6-22(4)28-27(32)25(7-2)30(20-23-14-11-13-21(3)19-23)26(31)17-12-18-29(5)35(33,34)24-15-9-8-10-16-24/h8-11,13-16,19,22,25H,6-7,12,17-18,20H2,1-5H3,(H,28,32)/t22-,25+/m0/s1. The molecule has 0 aliphatic heterocycles. The van der Waals surface area contributed by atoms with Crippen LogP contribution in [0, 0.1) is 6.92 Å². The van der Waals surface area contributed by atoms with E-state index in [-0.39, 0.29) is 35.7 Å². The largest absolute Gasteiger partial charge is 0.352 e. The lowest BCUT2D eigenvalue weighted by atomic mass is 10.1. The lowest BCUT2D eigenvalue weighted by Crippen LogP contribution is -2.50. The van der Waals surface area contributed by atoms with Gasteiger partial charge in [0.05, 0.1) is 4.90 Å². The van der Waals surface area contributed by atoms with E-state index in [1.807, 2.05) is 52.0 Å². The van der Waals surface area contributed by atoms with Crippen molar-refractivity contribution in [3.05, 3.63) is 65.7 Å². The number of carbonyl (C=O) groups is 2. The topological polar surface area (TPSA) is 86.8 Å². The van der Waals surface area contributed by atoms with E-state index in [1.54, 1.807) is 35.2 Å². The average Bonchev–Trinajstić information content (AvgIpc) is 2.84. The van der Waals surface area contributed by atoms with Gasteiger partial charge in [-0.15, -0.1) is 0 Å². The number of hydrogen-bond acceptors (Lipinski definition) is 4. The van der Waals surface area contributed by atoms with E-state index >= 15 is 0 Å². The first-order valence-corrected chi connectivity index (χ1v) is 13.7. The maximum Gasteiger partial charge on any atom is 0.243 e. The molecule has 2 aromatic carbocycles. The molecule has 0 radical (unpaired) electrons. The molecule has 192 valence electrons. The summed E-state index contributed by atoms with van der Waals surface area (Å²) in [4.78, 5) is 28.3. The van der Waals surface area contributed by atoms with Gasteiger partial charge in [-0.25, -0.2) is 12.7 Å². The van der Waals surface area contributed by atoms with E-state index in [9.17, 15) is 18.0 Å². The third-order valence-corrected chi connectivity index (χ3v) is 8.01. The predicted molar refractivity (Wildman–Crippen MR) is 139 cm³/mol. The Kier molecular flexibility index (Phi) is 10.9. The molecule has 0 aromatic heterocycles. The van der Waals surface area contributed by atoms with Crippen LogP contribution in [0.1, 0.15) is 57.6 Å². The summed E-state index contributed by atoms with van der Waals surface area (Å²) in [5.74, 6) is -0.324. The Bertz CT molecular complexity index is 1070. The highest BCUT2D eigenvalue weighted by atomic mass is 32.2. The quantitative estimate of drug-likeness (QED) is 0.447. The average molecular weight is 502 g/mol. The summed E-state index contributed by atoms with van der Waals surface area (Å²) in [7, 11) is -2.10. The van der Waals surface area contributed by atoms with Gasteiger partial charge in [-0.1, -0.05) is 61.9 Å². The molecule has 2 atom stereocenters. The number of aryl methyl sites for hydroxylation is 1. The highest BCUT2D eigenvalue weighted by Crippen LogP contribution is 2.17. The fourth-order valence-electron chi connectivity index (χ4n) is 3.86. The second-order valence-electron chi connectivity index (χ2n) is 9.00. The first-order chi connectivity index (χ1) is 16.6. The summed E-state index contributed by atoms with van der Waals surface area (Å²) in [5, 5.41) is 3.01. The molecule has 0 bridgehead atoms. The number of benzene rings is 2. The summed E-state index contributed by atoms with van der Waals surface area (Å²) in [6.07, 6.45) is 1.79. The number of carbonyl (C=O) groups excluding carboxylic acids is 2. The molecule has 0 saturated heterocycles. The van der Waals surface area contributed by atoms with Crippen LogP contribution in [0.15, 0.2) is 59.5 Å². The lowest BCUT2D eigenvalue weighted by molar-refractivity contribution is -0.141. The van der Waals surface area contributed by atoms with Crippen molar-refractivity contribution in [1.29, 1.82) is 0 Å². The maximum absolute atomic E-state index is 13.4. The highest BCUT2D eigenvalue weighted by molar-refractivity contribution is 7.89. The Labute approximate surface area is 210 Å². The molecule has 0 spiro atoms. The molecule has 0 fully saturated rings. The van der Waals surface area contributed by atoms with Crippen molar-refractivity contribution in [2.75, 3.05) is 13.6 Å². The van der Waals surface area contributed by atoms with Gasteiger partial charge in [0.15, 0.2) is 0 Å². The van der Waals surface area contributed by atoms with Crippen LogP contribution in [-0.2, 0) is 26.2 Å². The second-order valence-corrected chi connectivity index (χ2v) is 11.0. The minimum atomic E-state index is -3.62. The molecule has 0 aliphatic carbocycles. The summed E-state index contributed by atoms with van der Waals surface area (Å²) in [5.41, 5.74) is 2.04. The fraction of sp³-hybridized carbons (Fsp3) is 0.481. The molecule has 2 amide bonds. The van der Waals surface area contributed by atoms with Crippen LogP contribution in [0.2, 0.25) is 0 Å². The molecular formula is C27H39N3O4S. The Morgan fingerprint density at radius 1 is 1.00 bits per heavy atom. The molecule has 2 aromatic rings. The molecule has 35 heavy (non-hydrogen) atoms. The van der Waals surface area contributed by atoms with E-state index < -0.39 is 16.1 Å². The Morgan fingerprint density at radius 2 is 1.69 bits per heavy atom. The van der Waals surface area contributed by atoms with Crippen LogP contribution in [0.25, 0.3) is 0 Å². The summed E-state index contributed by atoms with van der Waals surface area (Å²) in [6, 6.07) is 15.6. The van der Waals surface area contributed by atoms with Gasteiger partial charge in [0.1, 0.15) is 6.04 Å². The zero-order valence-electron chi connectivity index (χ0n) is 21.5. The van der Waals surface area contributed by atoms with Crippen molar-refractivity contribution in [3.63, 3.8) is 0 Å². The van der Waals surface area contributed by atoms with Gasteiger partial charge in [0.2, 0.25) is 21.8 Å². The SMILES string of the molecule is CC[C@H](C(=O)N[C@@H](C)CC)N(Cc1cccc(C)c1)C(=O)CCCN(C)S(=O)(=O)c1ccccc1. The van der Waals surface area contributed by atoms with E-state index in [4.69, 9.17) is 0 Å². The molecule has 1 N–H and O–H groups in total. The predicted octanol–water partition coefficient (Wildman–Crippen LogP) is 4.12. The van der Waals surface area contributed by atoms with Gasteiger partial charge < -0.3 is 10.2 Å². The Hall–Kier alpha value is -2.71. The molecule has 0 saturated carbocycles. The monoisotopic (exact) mass is 501 g/mol. The number of hydrogen-bond donors (Lipinski definition) is 1. The van der Waals surface area contributed by atoms with E-state index in [2.05, 4.69) is 5.32 Å². The van der Waals surface area contributed by atoms with Gasteiger partial charge in [0, 0.05) is 32.6 Å². The smallest absolute Gasteiger partial charge is 0.243 e. The normalized spacial score (nSPS) is 13.3. The van der Waals surface area contributed by atoms with Crippen molar-refractivity contribution < 1.29 is 18.0 Å². The molecule has 0 aliphatic rings. The van der Waals surface area contributed by atoms with Crippen LogP contribution in [0.4, 0.5) is 0 Å². The van der Waals surface area contributed by atoms with Gasteiger partial charge in [-0.2, -0.15) is 0 Å². The first kappa shape index (κ1) is 28.5. The van der Waals surface area contributed by atoms with E-state index in [0.29, 0.717) is 19.4 Å². The second kappa shape index (κ2) is 13.4. The summed E-state index contributed by atoms with van der Waals surface area (Å²) >= 11 is 0. The van der Waals surface area contributed by atoms with Crippen molar-refractivity contribution in [3.8, 4) is 0 Å². The lowest BCUT2D eigenvalue weighted by Gasteiger charge is -2.32.